The van der Waals surface area contributed by atoms with Crippen LogP contribution in [-0.2, 0) is 42.4 Å². The van der Waals surface area contributed by atoms with Gasteiger partial charge in [-0.25, -0.2) is 45.8 Å². The minimum atomic E-state index is -3.81. The van der Waals surface area contributed by atoms with Crippen LogP contribution in [0.3, 0.4) is 0 Å². The Bertz CT molecular complexity index is 2780. The number of carbonyl (C=O) groups is 2. The first-order chi connectivity index (χ1) is 27.8. The molecule has 58 heavy (non-hydrogen) atoms. The normalized spacial score (nSPS) is 11.6. The van der Waals surface area contributed by atoms with E-state index in [-0.39, 0.29) is 40.4 Å². The van der Waals surface area contributed by atoms with Crippen molar-refractivity contribution in [1.82, 2.24) is 19.4 Å². The van der Waals surface area contributed by atoms with Gasteiger partial charge in [-0.05, 0) is 84.6 Å². The maximum Gasteiger partial charge on any atom is 0.338 e. The molecule has 0 aliphatic heterocycles. The van der Waals surface area contributed by atoms with E-state index < -0.39 is 32.0 Å². The molecule has 0 radical (unpaired) electrons. The molecule has 2 aromatic heterocycles. The zero-order chi connectivity index (χ0) is 41.5. The molecule has 0 aliphatic carbocycles. The van der Waals surface area contributed by atoms with Gasteiger partial charge in [-0.3, -0.25) is 0 Å². The molecule has 7 rings (SSSR count). The lowest BCUT2D eigenvalue weighted by atomic mass is 10.1. The number of rotatable bonds is 13. The molecule has 0 bridgehead atoms. The molecule has 0 aliphatic rings. The summed E-state index contributed by atoms with van der Waals surface area (Å²) in [4.78, 5) is 32.4. The van der Waals surface area contributed by atoms with E-state index in [0.29, 0.717) is 46.0 Å². The SMILES string of the molecule is COC(=O)c1cc(S(=O)(=O)NCCc2nc3cc(-c4ccccc4)ccc3o2)ccc1C.COC(=O)c1cc(S(=O)(=O)NCCc2nc3ccccc3o2)ccc1C. The van der Waals surface area contributed by atoms with Gasteiger partial charge < -0.3 is 18.3 Å². The first-order valence-corrected chi connectivity index (χ1v) is 20.9. The Morgan fingerprint density at radius 1 is 0.569 bits per heavy atom. The number of aromatic nitrogens is 2. The fourth-order valence-electron chi connectivity index (χ4n) is 5.87. The van der Waals surface area contributed by atoms with Gasteiger partial charge in [0.2, 0.25) is 20.0 Å². The Labute approximate surface area is 335 Å². The third kappa shape index (κ3) is 9.84. The minimum absolute atomic E-state index is 0.000986. The van der Waals surface area contributed by atoms with Crippen LogP contribution in [0.4, 0.5) is 0 Å². The number of para-hydroxylation sites is 2. The average Bonchev–Trinajstić information content (AvgIpc) is 3.84. The van der Waals surface area contributed by atoms with Gasteiger partial charge in [0, 0.05) is 25.9 Å². The number of ether oxygens (including phenoxy) is 2. The second-order valence-electron chi connectivity index (χ2n) is 13.0. The summed E-state index contributed by atoms with van der Waals surface area (Å²) in [5.41, 5.74) is 6.56. The molecule has 0 saturated heterocycles. The Kier molecular flexibility index (Phi) is 12.8. The summed E-state index contributed by atoms with van der Waals surface area (Å²) in [5, 5.41) is 0. The number of sulfonamides is 2. The van der Waals surface area contributed by atoms with Gasteiger partial charge in [0.15, 0.2) is 22.9 Å². The third-order valence-corrected chi connectivity index (χ3v) is 11.9. The van der Waals surface area contributed by atoms with Crippen molar-refractivity contribution in [3.63, 3.8) is 0 Å². The average molecular weight is 825 g/mol. The van der Waals surface area contributed by atoms with E-state index in [0.717, 1.165) is 16.6 Å². The topological polar surface area (TPSA) is 197 Å². The van der Waals surface area contributed by atoms with Gasteiger partial charge in [0.1, 0.15) is 11.0 Å². The quantitative estimate of drug-likeness (QED) is 0.119. The van der Waals surface area contributed by atoms with E-state index in [1.54, 1.807) is 32.0 Å². The number of fused-ring (bicyclic) bond motifs is 2. The smallest absolute Gasteiger partial charge is 0.338 e. The highest BCUT2D eigenvalue weighted by molar-refractivity contribution is 7.89. The third-order valence-electron chi connectivity index (χ3n) is 8.99. The molecule has 5 aromatic carbocycles. The largest absolute Gasteiger partial charge is 0.465 e. The summed E-state index contributed by atoms with van der Waals surface area (Å²) >= 11 is 0. The predicted molar refractivity (Wildman–Crippen MR) is 216 cm³/mol. The highest BCUT2D eigenvalue weighted by atomic mass is 32.2. The summed E-state index contributed by atoms with van der Waals surface area (Å²) in [7, 11) is -5.07. The molecular weight excluding hydrogens is 785 g/mol. The van der Waals surface area contributed by atoms with E-state index in [2.05, 4.69) is 24.1 Å². The lowest BCUT2D eigenvalue weighted by molar-refractivity contribution is 0.0590. The summed E-state index contributed by atoms with van der Waals surface area (Å²) in [6.07, 6.45) is 0.591. The summed E-state index contributed by atoms with van der Waals surface area (Å²) in [6, 6.07) is 31.7. The molecule has 0 saturated carbocycles. The molecule has 0 amide bonds. The number of carbonyl (C=O) groups excluding carboxylic acids is 2. The summed E-state index contributed by atoms with van der Waals surface area (Å²) < 4.78 is 76.0. The number of oxazole rings is 2. The Morgan fingerprint density at radius 3 is 1.57 bits per heavy atom. The molecule has 2 heterocycles. The second kappa shape index (κ2) is 17.9. The van der Waals surface area contributed by atoms with Gasteiger partial charge in [0.25, 0.3) is 0 Å². The predicted octanol–water partition coefficient (Wildman–Crippen LogP) is 6.55. The Balaban J connectivity index is 0.000000200. The molecule has 16 heteroatoms. The van der Waals surface area contributed by atoms with E-state index >= 15 is 0 Å². The Hall–Kier alpha value is -6.20. The van der Waals surface area contributed by atoms with Crippen LogP contribution in [0.5, 0.6) is 0 Å². The van der Waals surface area contributed by atoms with E-state index in [4.69, 9.17) is 13.6 Å². The van der Waals surface area contributed by atoms with Crippen molar-refractivity contribution in [2.45, 2.75) is 36.5 Å². The molecule has 7 aromatic rings. The number of esters is 2. The van der Waals surface area contributed by atoms with E-state index in [9.17, 15) is 26.4 Å². The second-order valence-corrected chi connectivity index (χ2v) is 16.5. The van der Waals surface area contributed by atoms with Crippen LogP contribution in [-0.4, -0.2) is 66.1 Å². The van der Waals surface area contributed by atoms with Crippen LogP contribution >= 0.6 is 0 Å². The van der Waals surface area contributed by atoms with Crippen LogP contribution in [0, 0.1) is 13.8 Å². The van der Waals surface area contributed by atoms with E-state index in [1.165, 1.54) is 38.5 Å². The summed E-state index contributed by atoms with van der Waals surface area (Å²) in [5.74, 6) is -0.271. The van der Waals surface area contributed by atoms with Crippen LogP contribution in [0.25, 0.3) is 33.3 Å². The van der Waals surface area contributed by atoms with Gasteiger partial charge in [0.05, 0.1) is 35.1 Å². The number of methoxy groups -OCH3 is 2. The summed E-state index contributed by atoms with van der Waals surface area (Å²) in [6.45, 7) is 3.65. The lowest BCUT2D eigenvalue weighted by Gasteiger charge is -2.09. The first-order valence-electron chi connectivity index (χ1n) is 17.9. The van der Waals surface area contributed by atoms with Crippen LogP contribution in [0.2, 0.25) is 0 Å². The highest BCUT2D eigenvalue weighted by Crippen LogP contribution is 2.25. The molecule has 2 N–H and O–H groups in total. The van der Waals surface area contributed by atoms with Crippen molar-refractivity contribution < 1.29 is 44.7 Å². The molecule has 0 fully saturated rings. The van der Waals surface area contributed by atoms with Crippen molar-refractivity contribution in [2.24, 2.45) is 0 Å². The first kappa shape index (κ1) is 41.4. The number of hydrogen-bond acceptors (Lipinski definition) is 12. The fourth-order valence-corrected chi connectivity index (χ4v) is 7.98. The standard InChI is InChI=1S/C24H22N2O5S.C18H18N2O5S/c1-16-8-10-19(15-20(16)24(27)30-2)32(28,29)25-13-12-23-26-21-14-18(9-11-22(21)31-23)17-6-4-3-5-7-17;1-12-7-8-13(11-14(12)18(21)24-2)26(22,23)19-10-9-17-20-15-5-3-4-6-16(15)25-17/h3-11,14-15,25H,12-13H2,1-2H3;3-8,11,19H,9-10H2,1-2H3. The zero-order valence-corrected chi connectivity index (χ0v) is 33.6. The fraction of sp³-hybridized carbons (Fsp3) is 0.190. The maximum absolute atomic E-state index is 12.7. The molecule has 0 atom stereocenters. The number of hydrogen-bond donors (Lipinski definition) is 2. The maximum atomic E-state index is 12.7. The van der Waals surface area contributed by atoms with Crippen molar-refractivity contribution in [3.05, 3.63) is 143 Å². The number of nitrogens with zero attached hydrogens (tertiary/aromatic N) is 2. The van der Waals surface area contributed by atoms with Crippen molar-refractivity contribution in [1.29, 1.82) is 0 Å². The molecule has 14 nitrogen and oxygen atoms in total. The Morgan fingerprint density at radius 2 is 1.05 bits per heavy atom. The number of aryl methyl sites for hydroxylation is 2. The molecule has 300 valence electrons. The van der Waals surface area contributed by atoms with Gasteiger partial charge in [-0.15, -0.1) is 0 Å². The van der Waals surface area contributed by atoms with E-state index in [1.807, 2.05) is 66.7 Å². The van der Waals surface area contributed by atoms with Crippen LogP contribution in [0.15, 0.2) is 128 Å². The zero-order valence-electron chi connectivity index (χ0n) is 32.0. The van der Waals surface area contributed by atoms with Gasteiger partial charge in [-0.1, -0.05) is 60.7 Å². The number of benzene rings is 5. The van der Waals surface area contributed by atoms with Crippen LogP contribution in [0.1, 0.15) is 43.6 Å². The molecule has 0 spiro atoms. The van der Waals surface area contributed by atoms with Gasteiger partial charge >= 0.3 is 11.9 Å². The number of nitrogens with one attached hydrogen (secondary N) is 2. The molecule has 0 unspecified atom stereocenters. The highest BCUT2D eigenvalue weighted by Gasteiger charge is 2.20. The van der Waals surface area contributed by atoms with Crippen LogP contribution < -0.4 is 9.44 Å². The minimum Gasteiger partial charge on any atom is -0.465 e. The monoisotopic (exact) mass is 824 g/mol. The molecular formula is C42H40N4O10S2. The lowest BCUT2D eigenvalue weighted by Crippen LogP contribution is -2.26. The van der Waals surface area contributed by atoms with Crippen molar-refractivity contribution in [3.8, 4) is 11.1 Å². The van der Waals surface area contributed by atoms with Crippen molar-refractivity contribution in [2.75, 3.05) is 27.3 Å². The van der Waals surface area contributed by atoms with Gasteiger partial charge in [-0.2, -0.15) is 0 Å². The van der Waals surface area contributed by atoms with Crippen molar-refractivity contribution >= 4 is 54.2 Å².